The number of aromatic nitrogens is 2. The fourth-order valence-corrected chi connectivity index (χ4v) is 2.78. The van der Waals surface area contributed by atoms with Crippen molar-refractivity contribution in [3.8, 4) is 0 Å². The van der Waals surface area contributed by atoms with Gasteiger partial charge in [-0.3, -0.25) is 0 Å². The Hall–Kier alpha value is -1.51. The van der Waals surface area contributed by atoms with E-state index in [9.17, 15) is 0 Å². The lowest BCUT2D eigenvalue weighted by molar-refractivity contribution is 0.732. The van der Waals surface area contributed by atoms with Gasteiger partial charge >= 0.3 is 0 Å². The predicted octanol–water partition coefficient (Wildman–Crippen LogP) is 5.41. The van der Waals surface area contributed by atoms with Crippen molar-refractivity contribution >= 4 is 34.2 Å². The predicted molar refractivity (Wildman–Crippen MR) is 84.7 cm³/mol. The summed E-state index contributed by atoms with van der Waals surface area (Å²) in [5, 5.41) is 1.08. The van der Waals surface area contributed by atoms with Crippen LogP contribution in [0.5, 0.6) is 0 Å². The lowest BCUT2D eigenvalue weighted by Gasteiger charge is -2.12. The fourth-order valence-electron chi connectivity index (χ4n) is 2.46. The topological polar surface area (TPSA) is 28.7 Å². The van der Waals surface area contributed by atoms with Gasteiger partial charge in [-0.25, -0.2) is 4.98 Å². The van der Waals surface area contributed by atoms with Gasteiger partial charge < -0.3 is 4.98 Å². The van der Waals surface area contributed by atoms with Crippen molar-refractivity contribution in [3.63, 3.8) is 0 Å². The summed E-state index contributed by atoms with van der Waals surface area (Å²) >= 11 is 12.1. The van der Waals surface area contributed by atoms with Crippen LogP contribution >= 0.6 is 23.2 Å². The summed E-state index contributed by atoms with van der Waals surface area (Å²) in [5.74, 6) is 1.20. The Morgan fingerprint density at radius 2 is 1.80 bits per heavy atom. The van der Waals surface area contributed by atoms with Crippen molar-refractivity contribution < 1.29 is 0 Å². The van der Waals surface area contributed by atoms with Crippen LogP contribution < -0.4 is 0 Å². The summed E-state index contributed by atoms with van der Waals surface area (Å²) in [7, 11) is 0. The highest BCUT2D eigenvalue weighted by atomic mass is 35.5. The Morgan fingerprint density at radius 1 is 1.10 bits per heavy atom. The van der Waals surface area contributed by atoms with Gasteiger partial charge in [-0.15, -0.1) is 0 Å². The van der Waals surface area contributed by atoms with E-state index in [-0.39, 0.29) is 5.92 Å². The summed E-state index contributed by atoms with van der Waals surface area (Å²) in [6, 6.07) is 14.0. The third kappa shape index (κ3) is 2.41. The van der Waals surface area contributed by atoms with Crippen LogP contribution in [-0.4, -0.2) is 9.97 Å². The van der Waals surface area contributed by atoms with Crippen molar-refractivity contribution in [1.82, 2.24) is 9.97 Å². The molecule has 2 aromatic carbocycles. The van der Waals surface area contributed by atoms with Crippen molar-refractivity contribution in [3.05, 3.63) is 63.9 Å². The standard InChI is InChI=1S/C16H14Cl2N2/c1-2-11(10-6-4-3-5-7-10)16-19-14-8-12(17)13(18)9-15(14)20-16/h3-9,11H,2H2,1H3,(H,19,20). The molecule has 4 heteroatoms. The number of aromatic amines is 1. The average molecular weight is 305 g/mol. The molecule has 1 heterocycles. The van der Waals surface area contributed by atoms with Gasteiger partial charge in [0, 0.05) is 5.92 Å². The molecule has 1 aromatic heterocycles. The number of nitrogens with zero attached hydrogens (tertiary/aromatic N) is 1. The lowest BCUT2D eigenvalue weighted by Crippen LogP contribution is -2.01. The maximum Gasteiger partial charge on any atom is 0.114 e. The quantitative estimate of drug-likeness (QED) is 0.688. The first-order valence-corrected chi connectivity index (χ1v) is 7.34. The number of rotatable bonds is 3. The summed E-state index contributed by atoms with van der Waals surface area (Å²) in [5.41, 5.74) is 3.03. The molecule has 0 bridgehead atoms. The van der Waals surface area contributed by atoms with Crippen LogP contribution in [0.25, 0.3) is 11.0 Å². The highest BCUT2D eigenvalue weighted by molar-refractivity contribution is 6.42. The molecular weight excluding hydrogens is 291 g/mol. The Balaban J connectivity index is 2.09. The molecule has 0 aliphatic heterocycles. The number of nitrogens with one attached hydrogen (secondary N) is 1. The maximum absolute atomic E-state index is 6.05. The summed E-state index contributed by atoms with van der Waals surface area (Å²) in [6.07, 6.45) is 0.977. The summed E-state index contributed by atoms with van der Waals surface area (Å²) in [6.45, 7) is 2.16. The minimum Gasteiger partial charge on any atom is -0.341 e. The molecule has 1 unspecified atom stereocenters. The number of hydrogen-bond acceptors (Lipinski definition) is 1. The third-order valence-electron chi connectivity index (χ3n) is 3.48. The zero-order valence-corrected chi connectivity index (χ0v) is 12.5. The van der Waals surface area contributed by atoms with Gasteiger partial charge in [0.1, 0.15) is 5.82 Å². The summed E-state index contributed by atoms with van der Waals surface area (Å²) < 4.78 is 0. The Labute approximate surface area is 127 Å². The highest BCUT2D eigenvalue weighted by Gasteiger charge is 2.16. The summed E-state index contributed by atoms with van der Waals surface area (Å²) in [4.78, 5) is 8.02. The van der Waals surface area contributed by atoms with E-state index in [0.29, 0.717) is 10.0 Å². The number of halogens is 2. The molecule has 1 atom stereocenters. The smallest absolute Gasteiger partial charge is 0.114 e. The molecule has 0 spiro atoms. The second-order valence-corrected chi connectivity index (χ2v) is 5.59. The zero-order valence-electron chi connectivity index (χ0n) is 11.0. The molecule has 0 amide bonds. The second kappa shape index (κ2) is 5.47. The minimum atomic E-state index is 0.251. The van der Waals surface area contributed by atoms with E-state index < -0.39 is 0 Å². The molecule has 102 valence electrons. The van der Waals surface area contributed by atoms with Crippen LogP contribution in [0.3, 0.4) is 0 Å². The van der Waals surface area contributed by atoms with E-state index in [0.717, 1.165) is 23.3 Å². The van der Waals surface area contributed by atoms with Gasteiger partial charge in [0.2, 0.25) is 0 Å². The van der Waals surface area contributed by atoms with E-state index in [1.807, 2.05) is 24.3 Å². The number of fused-ring (bicyclic) bond motifs is 1. The molecule has 2 nitrogen and oxygen atoms in total. The maximum atomic E-state index is 6.05. The van der Waals surface area contributed by atoms with Crippen LogP contribution in [0, 0.1) is 0 Å². The minimum absolute atomic E-state index is 0.251. The van der Waals surface area contributed by atoms with Gasteiger partial charge in [-0.1, -0.05) is 60.5 Å². The second-order valence-electron chi connectivity index (χ2n) is 4.78. The SMILES string of the molecule is CCC(c1ccccc1)c1nc2cc(Cl)c(Cl)cc2[nH]1. The van der Waals surface area contributed by atoms with Gasteiger partial charge in [-0.05, 0) is 24.1 Å². The molecule has 3 rings (SSSR count). The van der Waals surface area contributed by atoms with Gasteiger partial charge in [0.15, 0.2) is 0 Å². The van der Waals surface area contributed by atoms with Crippen LogP contribution in [0.4, 0.5) is 0 Å². The molecule has 0 saturated heterocycles. The largest absolute Gasteiger partial charge is 0.341 e. The monoisotopic (exact) mass is 304 g/mol. The van der Waals surface area contributed by atoms with Crippen molar-refractivity contribution in [1.29, 1.82) is 0 Å². The number of benzene rings is 2. The Kier molecular flexibility index (Phi) is 3.68. The van der Waals surface area contributed by atoms with Crippen LogP contribution in [0.2, 0.25) is 10.0 Å². The molecule has 0 aliphatic carbocycles. The highest BCUT2D eigenvalue weighted by Crippen LogP contribution is 2.31. The number of hydrogen-bond donors (Lipinski definition) is 1. The molecular formula is C16H14Cl2N2. The molecule has 0 fully saturated rings. The van der Waals surface area contributed by atoms with E-state index in [4.69, 9.17) is 23.2 Å². The molecule has 0 saturated carbocycles. The van der Waals surface area contributed by atoms with Crippen LogP contribution in [0.1, 0.15) is 30.7 Å². The van der Waals surface area contributed by atoms with E-state index in [1.54, 1.807) is 6.07 Å². The first kappa shape index (κ1) is 13.5. The fraction of sp³-hybridized carbons (Fsp3) is 0.188. The van der Waals surface area contributed by atoms with Crippen LogP contribution in [-0.2, 0) is 0 Å². The Morgan fingerprint density at radius 3 is 2.50 bits per heavy atom. The van der Waals surface area contributed by atoms with E-state index in [2.05, 4.69) is 29.0 Å². The van der Waals surface area contributed by atoms with Crippen molar-refractivity contribution in [2.75, 3.05) is 0 Å². The van der Waals surface area contributed by atoms with E-state index in [1.165, 1.54) is 5.56 Å². The molecule has 3 aromatic rings. The number of imidazole rings is 1. The number of H-pyrrole nitrogens is 1. The van der Waals surface area contributed by atoms with E-state index >= 15 is 0 Å². The molecule has 20 heavy (non-hydrogen) atoms. The van der Waals surface area contributed by atoms with Gasteiger partial charge in [0.05, 0.1) is 21.1 Å². The van der Waals surface area contributed by atoms with Crippen molar-refractivity contribution in [2.45, 2.75) is 19.3 Å². The Bertz CT molecular complexity index is 696. The van der Waals surface area contributed by atoms with Gasteiger partial charge in [-0.2, -0.15) is 0 Å². The molecule has 0 radical (unpaired) electrons. The van der Waals surface area contributed by atoms with Crippen LogP contribution in [0.15, 0.2) is 42.5 Å². The lowest BCUT2D eigenvalue weighted by atomic mass is 9.96. The first-order valence-electron chi connectivity index (χ1n) is 6.58. The molecule has 1 N–H and O–H groups in total. The zero-order chi connectivity index (χ0) is 14.1. The first-order chi connectivity index (χ1) is 9.69. The average Bonchev–Trinajstić information content (AvgIpc) is 2.84. The van der Waals surface area contributed by atoms with Crippen molar-refractivity contribution in [2.24, 2.45) is 0 Å². The normalized spacial score (nSPS) is 12.8. The third-order valence-corrected chi connectivity index (χ3v) is 4.20. The van der Waals surface area contributed by atoms with Gasteiger partial charge in [0.25, 0.3) is 0 Å². The molecule has 0 aliphatic rings.